The number of benzene rings is 2. The Kier molecular flexibility index (Phi) is 10.4. The van der Waals surface area contributed by atoms with Crippen LogP contribution in [0.5, 0.6) is 5.75 Å². The molecular formula is C25H34N4O7S. The van der Waals surface area contributed by atoms with Crippen molar-refractivity contribution < 1.29 is 27.7 Å². The molecule has 0 heterocycles. The van der Waals surface area contributed by atoms with Crippen molar-refractivity contribution in [1.29, 1.82) is 0 Å². The van der Waals surface area contributed by atoms with Gasteiger partial charge in [0.05, 0.1) is 24.0 Å². The SMILES string of the molecule is CCCCNC(=O)[C@@H](C)N(Cc1ccc(OC)cc1)C(=O)CN(c1cc([N+](=O)[O-])ccc1C)S(C)(=O)=O. The molecule has 0 saturated carbocycles. The maximum Gasteiger partial charge on any atom is 0.271 e. The lowest BCUT2D eigenvalue weighted by Gasteiger charge is -2.32. The van der Waals surface area contributed by atoms with Crippen molar-refractivity contribution in [3.05, 3.63) is 63.7 Å². The fraction of sp³-hybridized carbons (Fsp3) is 0.440. The standard InChI is InChI=1S/C25H34N4O7S/c1-6-7-14-26-25(31)19(3)27(16-20-9-12-22(36-4)13-10-20)24(30)17-28(37(5,34)35)23-15-21(29(32)33)11-8-18(23)2/h8-13,15,19H,6-7,14,16-17H2,1-5H3,(H,26,31)/t19-/m1/s1. The topological polar surface area (TPSA) is 139 Å². The molecule has 202 valence electrons. The summed E-state index contributed by atoms with van der Waals surface area (Å²) in [5, 5.41) is 14.1. The van der Waals surface area contributed by atoms with Crippen molar-refractivity contribution in [3.63, 3.8) is 0 Å². The molecule has 2 amide bonds. The van der Waals surface area contributed by atoms with Gasteiger partial charge in [0, 0.05) is 25.2 Å². The Balaban J connectivity index is 2.43. The second kappa shape index (κ2) is 13.0. The molecule has 0 spiro atoms. The maximum absolute atomic E-state index is 13.6. The fourth-order valence-electron chi connectivity index (χ4n) is 3.62. The van der Waals surface area contributed by atoms with Crippen LogP contribution in [0.15, 0.2) is 42.5 Å². The highest BCUT2D eigenvalue weighted by Crippen LogP contribution is 2.28. The molecular weight excluding hydrogens is 500 g/mol. The Hall–Kier alpha value is -3.67. The molecule has 0 bridgehead atoms. The summed E-state index contributed by atoms with van der Waals surface area (Å²) in [7, 11) is -2.48. The number of hydrogen-bond donors (Lipinski definition) is 1. The molecule has 1 atom stereocenters. The van der Waals surface area contributed by atoms with Gasteiger partial charge in [0.25, 0.3) is 5.69 Å². The van der Waals surface area contributed by atoms with Gasteiger partial charge in [-0.2, -0.15) is 0 Å². The Bertz CT molecular complexity index is 1220. The van der Waals surface area contributed by atoms with Gasteiger partial charge in [-0.25, -0.2) is 8.42 Å². The highest BCUT2D eigenvalue weighted by atomic mass is 32.2. The number of amides is 2. The van der Waals surface area contributed by atoms with Crippen LogP contribution in [0.25, 0.3) is 0 Å². The fourth-order valence-corrected chi connectivity index (χ4v) is 4.52. The van der Waals surface area contributed by atoms with Gasteiger partial charge in [0.2, 0.25) is 21.8 Å². The lowest BCUT2D eigenvalue weighted by Crippen LogP contribution is -2.51. The van der Waals surface area contributed by atoms with Crippen LogP contribution < -0.4 is 14.4 Å². The van der Waals surface area contributed by atoms with Gasteiger partial charge < -0.3 is 15.0 Å². The summed E-state index contributed by atoms with van der Waals surface area (Å²) in [5.74, 6) is -0.380. The molecule has 37 heavy (non-hydrogen) atoms. The van der Waals surface area contributed by atoms with E-state index in [-0.39, 0.29) is 23.8 Å². The van der Waals surface area contributed by atoms with Crippen molar-refractivity contribution >= 4 is 33.2 Å². The minimum absolute atomic E-state index is 0.0227. The number of ether oxygens (including phenoxy) is 1. The second-order valence-corrected chi connectivity index (χ2v) is 10.6. The summed E-state index contributed by atoms with van der Waals surface area (Å²) in [4.78, 5) is 38.4. The van der Waals surface area contributed by atoms with Crippen LogP contribution in [0.4, 0.5) is 11.4 Å². The zero-order chi connectivity index (χ0) is 27.8. The van der Waals surface area contributed by atoms with E-state index in [9.17, 15) is 28.1 Å². The summed E-state index contributed by atoms with van der Waals surface area (Å²) in [6.07, 6.45) is 2.58. The number of nitrogens with zero attached hydrogens (tertiary/aromatic N) is 3. The lowest BCUT2D eigenvalue weighted by atomic mass is 10.1. The average molecular weight is 535 g/mol. The van der Waals surface area contributed by atoms with Gasteiger partial charge in [-0.15, -0.1) is 0 Å². The number of unbranched alkanes of at least 4 members (excludes halogenated alkanes) is 1. The number of sulfonamides is 1. The summed E-state index contributed by atoms with van der Waals surface area (Å²) < 4.78 is 31.5. The van der Waals surface area contributed by atoms with Crippen molar-refractivity contribution in [2.45, 2.75) is 46.2 Å². The first-order valence-corrected chi connectivity index (χ1v) is 13.7. The first-order valence-electron chi connectivity index (χ1n) is 11.8. The molecule has 0 saturated heterocycles. The third-order valence-electron chi connectivity index (χ3n) is 5.86. The van der Waals surface area contributed by atoms with Crippen LogP contribution in [0.3, 0.4) is 0 Å². The number of anilines is 1. The van der Waals surface area contributed by atoms with E-state index in [1.807, 2.05) is 6.92 Å². The molecule has 0 fully saturated rings. The molecule has 12 heteroatoms. The molecule has 2 aromatic rings. The smallest absolute Gasteiger partial charge is 0.271 e. The largest absolute Gasteiger partial charge is 0.497 e. The normalized spacial score (nSPS) is 11.9. The highest BCUT2D eigenvalue weighted by molar-refractivity contribution is 7.92. The van der Waals surface area contributed by atoms with E-state index in [0.717, 1.165) is 29.5 Å². The first kappa shape index (κ1) is 29.6. The number of carbonyl (C=O) groups excluding carboxylic acids is 2. The van der Waals surface area contributed by atoms with Crippen LogP contribution in [0, 0.1) is 17.0 Å². The van der Waals surface area contributed by atoms with E-state index in [1.165, 1.54) is 24.1 Å². The number of rotatable bonds is 13. The van der Waals surface area contributed by atoms with E-state index < -0.39 is 33.4 Å². The molecule has 2 aromatic carbocycles. The number of aryl methyl sites for hydroxylation is 1. The summed E-state index contributed by atoms with van der Waals surface area (Å²) >= 11 is 0. The van der Waals surface area contributed by atoms with E-state index in [4.69, 9.17) is 4.74 Å². The lowest BCUT2D eigenvalue weighted by molar-refractivity contribution is -0.384. The van der Waals surface area contributed by atoms with Crippen LogP contribution in [-0.4, -0.2) is 62.6 Å². The monoisotopic (exact) mass is 534 g/mol. The Morgan fingerprint density at radius 2 is 1.81 bits per heavy atom. The van der Waals surface area contributed by atoms with Crippen molar-refractivity contribution in [3.8, 4) is 5.75 Å². The van der Waals surface area contributed by atoms with Crippen LogP contribution in [0.2, 0.25) is 0 Å². The van der Waals surface area contributed by atoms with E-state index in [2.05, 4.69) is 5.32 Å². The number of carbonyl (C=O) groups is 2. The predicted octanol–water partition coefficient (Wildman–Crippen LogP) is 3.01. The number of non-ortho nitro benzene ring substituents is 1. The molecule has 0 unspecified atom stereocenters. The minimum Gasteiger partial charge on any atom is -0.497 e. The van der Waals surface area contributed by atoms with Gasteiger partial charge in [-0.3, -0.25) is 24.0 Å². The van der Waals surface area contributed by atoms with Gasteiger partial charge >= 0.3 is 0 Å². The molecule has 0 aliphatic heterocycles. The first-order chi connectivity index (χ1) is 17.4. The quantitative estimate of drug-likeness (QED) is 0.237. The van der Waals surface area contributed by atoms with Crippen molar-refractivity contribution in [2.75, 3.05) is 30.8 Å². The molecule has 0 aliphatic carbocycles. The maximum atomic E-state index is 13.6. The summed E-state index contributed by atoms with van der Waals surface area (Å²) in [6, 6.07) is 9.85. The van der Waals surface area contributed by atoms with E-state index >= 15 is 0 Å². The van der Waals surface area contributed by atoms with Gasteiger partial charge in [-0.05, 0) is 43.5 Å². The zero-order valence-corrected chi connectivity index (χ0v) is 22.6. The summed E-state index contributed by atoms with van der Waals surface area (Å²) in [5.41, 5.74) is 0.866. The predicted molar refractivity (Wildman–Crippen MR) is 141 cm³/mol. The minimum atomic E-state index is -4.01. The Labute approximate surface area is 217 Å². The third-order valence-corrected chi connectivity index (χ3v) is 6.99. The molecule has 11 nitrogen and oxygen atoms in total. The molecule has 0 aliphatic rings. The molecule has 1 N–H and O–H groups in total. The van der Waals surface area contributed by atoms with Crippen molar-refractivity contribution in [2.24, 2.45) is 0 Å². The zero-order valence-electron chi connectivity index (χ0n) is 21.8. The molecule has 0 aromatic heterocycles. The Morgan fingerprint density at radius 3 is 2.35 bits per heavy atom. The van der Waals surface area contributed by atoms with E-state index in [1.54, 1.807) is 38.1 Å². The number of nitrogens with one attached hydrogen (secondary N) is 1. The van der Waals surface area contributed by atoms with Crippen molar-refractivity contribution in [1.82, 2.24) is 10.2 Å². The molecule has 2 rings (SSSR count). The van der Waals surface area contributed by atoms with Gasteiger partial charge in [-0.1, -0.05) is 31.5 Å². The number of hydrogen-bond acceptors (Lipinski definition) is 7. The number of nitro groups is 1. The van der Waals surface area contributed by atoms with Gasteiger partial charge in [0.15, 0.2) is 0 Å². The van der Waals surface area contributed by atoms with Crippen LogP contribution in [-0.2, 0) is 26.2 Å². The second-order valence-electron chi connectivity index (χ2n) is 8.69. The van der Waals surface area contributed by atoms with Gasteiger partial charge in [0.1, 0.15) is 18.3 Å². The highest BCUT2D eigenvalue weighted by Gasteiger charge is 2.31. The average Bonchev–Trinajstić information content (AvgIpc) is 2.85. The van der Waals surface area contributed by atoms with Crippen LogP contribution >= 0.6 is 0 Å². The van der Waals surface area contributed by atoms with Crippen LogP contribution in [0.1, 0.15) is 37.8 Å². The van der Waals surface area contributed by atoms with E-state index in [0.29, 0.717) is 23.4 Å². The Morgan fingerprint density at radius 1 is 1.16 bits per heavy atom. The third kappa shape index (κ3) is 8.17. The summed E-state index contributed by atoms with van der Waals surface area (Å²) in [6.45, 7) is 5.02. The number of nitro benzene ring substituents is 1. The number of methoxy groups -OCH3 is 1. The molecule has 0 radical (unpaired) electrons.